The van der Waals surface area contributed by atoms with Gasteiger partial charge >= 0.3 is 5.97 Å². The summed E-state index contributed by atoms with van der Waals surface area (Å²) in [5, 5.41) is 32.5. The molecule has 11 heteroatoms. The van der Waals surface area contributed by atoms with E-state index in [-0.39, 0.29) is 34.3 Å². The molecule has 1 heterocycles. The number of aromatic carboxylic acids is 1. The van der Waals surface area contributed by atoms with Gasteiger partial charge in [-0.1, -0.05) is 18.2 Å². The van der Waals surface area contributed by atoms with Gasteiger partial charge in [0, 0.05) is 40.6 Å². The van der Waals surface area contributed by atoms with Crippen molar-refractivity contribution in [2.75, 3.05) is 16.8 Å². The normalized spacial score (nSPS) is 13.1. The van der Waals surface area contributed by atoms with Crippen LogP contribution in [-0.4, -0.2) is 50.7 Å². The lowest BCUT2D eigenvalue weighted by atomic mass is 9.80. The van der Waals surface area contributed by atoms with Crippen LogP contribution in [0.1, 0.15) is 33.0 Å². The fraction of sp³-hybridized carbons (Fsp3) is 0.160. The summed E-state index contributed by atoms with van der Waals surface area (Å²) >= 11 is 1.13. The number of phenolic OH excluding ortho intramolecular Hbond substituents is 2. The predicted octanol–water partition coefficient (Wildman–Crippen LogP) is 2.57. The number of carboxylic acid groups (broad SMARTS) is 1. The molecule has 3 aromatic carbocycles. The molecule has 0 unspecified atom stereocenters. The number of carbonyl (C=O) groups is 3. The Labute approximate surface area is 209 Å². The molecule has 0 saturated heterocycles. The number of fused-ring (bicyclic) bond motifs is 2. The van der Waals surface area contributed by atoms with Gasteiger partial charge in [0.15, 0.2) is 0 Å². The molecule has 186 valence electrons. The molecule has 36 heavy (non-hydrogen) atoms. The molecule has 1 atom stereocenters. The summed E-state index contributed by atoms with van der Waals surface area (Å²) in [6.45, 7) is 0. The number of carbonyl (C=O) groups excluding carboxylic acids is 2. The van der Waals surface area contributed by atoms with E-state index in [1.165, 1.54) is 30.3 Å². The van der Waals surface area contributed by atoms with E-state index in [2.05, 4.69) is 5.32 Å². The molecule has 1 aliphatic heterocycles. The van der Waals surface area contributed by atoms with Gasteiger partial charge in [0.25, 0.3) is 0 Å². The molecule has 3 aromatic rings. The summed E-state index contributed by atoms with van der Waals surface area (Å²) in [7, 11) is 0. The number of thioether (sulfide) groups is 1. The number of benzene rings is 3. The number of nitrogens with two attached hydrogens (primary N) is 2. The van der Waals surface area contributed by atoms with Crippen LogP contribution < -0.4 is 21.5 Å². The summed E-state index contributed by atoms with van der Waals surface area (Å²) in [5.41, 5.74) is 12.6. The maximum Gasteiger partial charge on any atom is 0.336 e. The molecule has 10 nitrogen and oxygen atoms in total. The van der Waals surface area contributed by atoms with Gasteiger partial charge in [0.2, 0.25) is 11.8 Å². The summed E-state index contributed by atoms with van der Waals surface area (Å²) in [5.74, 6) is -2.05. The zero-order chi connectivity index (χ0) is 26.0. The highest BCUT2D eigenvalue weighted by Crippen LogP contribution is 2.49. The maximum absolute atomic E-state index is 12.3. The number of hydrogen-bond donors (Lipinski definition) is 6. The Morgan fingerprint density at radius 2 is 1.53 bits per heavy atom. The number of aromatic hydroxyl groups is 2. The number of primary amides is 1. The van der Waals surface area contributed by atoms with Gasteiger partial charge in [0.05, 0.1) is 17.4 Å². The first kappa shape index (κ1) is 24.9. The number of ether oxygens (including phenoxy) is 1. The third kappa shape index (κ3) is 5.21. The Bertz CT molecular complexity index is 1310. The predicted molar refractivity (Wildman–Crippen MR) is 134 cm³/mol. The molecular formula is C25H23N3O7S. The SMILES string of the molecule is NC(=O)[C@@H](N)CSCC(=O)Nc1ccc(C2c3ccc(O)cc3Oc3cc(O)ccc32)c(C(=O)O)c1. The lowest BCUT2D eigenvalue weighted by Gasteiger charge is -2.29. The fourth-order valence-electron chi connectivity index (χ4n) is 3.95. The number of anilines is 1. The number of carboxylic acids is 1. The first-order valence-electron chi connectivity index (χ1n) is 10.8. The minimum absolute atomic E-state index is 0.00115. The molecule has 1 aliphatic rings. The van der Waals surface area contributed by atoms with Crippen LogP contribution in [0, 0.1) is 0 Å². The van der Waals surface area contributed by atoms with Crippen molar-refractivity contribution in [1.29, 1.82) is 0 Å². The van der Waals surface area contributed by atoms with Crippen molar-refractivity contribution >= 4 is 35.2 Å². The van der Waals surface area contributed by atoms with Crippen LogP contribution in [0.25, 0.3) is 0 Å². The van der Waals surface area contributed by atoms with Crippen LogP contribution in [0.4, 0.5) is 5.69 Å². The summed E-state index contributed by atoms with van der Waals surface area (Å²) in [6, 6.07) is 12.8. The molecule has 0 bridgehead atoms. The highest BCUT2D eigenvalue weighted by Gasteiger charge is 2.32. The molecular weight excluding hydrogens is 486 g/mol. The lowest BCUT2D eigenvalue weighted by Crippen LogP contribution is -2.38. The second kappa shape index (κ2) is 10.2. The van der Waals surface area contributed by atoms with Crippen LogP contribution >= 0.6 is 11.8 Å². The summed E-state index contributed by atoms with van der Waals surface area (Å²) < 4.78 is 5.87. The van der Waals surface area contributed by atoms with Gasteiger partial charge in [-0.05, 0) is 29.8 Å². The molecule has 0 spiro atoms. The number of hydrogen-bond acceptors (Lipinski definition) is 8. The maximum atomic E-state index is 12.3. The van der Waals surface area contributed by atoms with Crippen LogP contribution in [-0.2, 0) is 9.59 Å². The molecule has 4 rings (SSSR count). The zero-order valence-corrected chi connectivity index (χ0v) is 19.6. The molecule has 0 aromatic heterocycles. The van der Waals surface area contributed by atoms with Gasteiger partial charge < -0.3 is 36.8 Å². The smallest absolute Gasteiger partial charge is 0.336 e. The highest BCUT2D eigenvalue weighted by molar-refractivity contribution is 8.00. The Morgan fingerprint density at radius 3 is 2.08 bits per heavy atom. The van der Waals surface area contributed by atoms with E-state index in [4.69, 9.17) is 16.2 Å². The largest absolute Gasteiger partial charge is 0.508 e. The molecule has 0 radical (unpaired) electrons. The Morgan fingerprint density at radius 1 is 0.944 bits per heavy atom. The van der Waals surface area contributed by atoms with Crippen molar-refractivity contribution in [3.8, 4) is 23.0 Å². The standard InChI is InChI=1S/C25H23N3O7S/c26-19(24(27)32)10-36-11-22(31)28-12-1-4-15(18(7-12)25(33)34)23-16-5-2-13(29)8-20(16)35-21-9-14(30)3-6-17(21)23/h1-9,19,23,29-30H,10-11,26H2,(H2,27,32)(H,28,31)(H,33,34)/t19-/m0/s1. The molecule has 8 N–H and O–H groups in total. The fourth-order valence-corrected chi connectivity index (χ4v) is 4.74. The third-order valence-electron chi connectivity index (χ3n) is 5.61. The van der Waals surface area contributed by atoms with E-state index in [0.29, 0.717) is 28.2 Å². The van der Waals surface area contributed by atoms with Gasteiger partial charge in [0.1, 0.15) is 23.0 Å². The van der Waals surface area contributed by atoms with E-state index < -0.39 is 29.7 Å². The van der Waals surface area contributed by atoms with Gasteiger partial charge in [-0.2, -0.15) is 0 Å². The van der Waals surface area contributed by atoms with E-state index in [9.17, 15) is 29.7 Å². The Kier molecular flexibility index (Phi) is 7.04. The summed E-state index contributed by atoms with van der Waals surface area (Å²) in [4.78, 5) is 35.6. The molecule has 0 aliphatic carbocycles. The van der Waals surface area contributed by atoms with Crippen LogP contribution in [0.2, 0.25) is 0 Å². The van der Waals surface area contributed by atoms with E-state index in [0.717, 1.165) is 11.8 Å². The topological polar surface area (TPSA) is 185 Å². The van der Waals surface area contributed by atoms with E-state index >= 15 is 0 Å². The lowest BCUT2D eigenvalue weighted by molar-refractivity contribution is -0.118. The minimum Gasteiger partial charge on any atom is -0.508 e. The number of rotatable bonds is 8. The van der Waals surface area contributed by atoms with Gasteiger partial charge in [-0.3, -0.25) is 9.59 Å². The average molecular weight is 510 g/mol. The van der Waals surface area contributed by atoms with Gasteiger partial charge in [-0.15, -0.1) is 11.8 Å². The Hall–Kier alpha value is -4.22. The first-order valence-corrected chi connectivity index (χ1v) is 11.9. The molecule has 2 amide bonds. The van der Waals surface area contributed by atoms with Crippen molar-refractivity contribution in [2.24, 2.45) is 11.5 Å². The van der Waals surface area contributed by atoms with Crippen molar-refractivity contribution in [1.82, 2.24) is 0 Å². The number of amides is 2. The van der Waals surface area contributed by atoms with Crippen molar-refractivity contribution in [2.45, 2.75) is 12.0 Å². The second-order valence-corrected chi connectivity index (χ2v) is 9.19. The second-order valence-electron chi connectivity index (χ2n) is 8.16. The summed E-state index contributed by atoms with van der Waals surface area (Å²) in [6.07, 6.45) is 0. The van der Waals surface area contributed by atoms with E-state index in [1.54, 1.807) is 24.3 Å². The van der Waals surface area contributed by atoms with Crippen LogP contribution in [0.15, 0.2) is 54.6 Å². The Balaban J connectivity index is 1.66. The van der Waals surface area contributed by atoms with Crippen molar-refractivity contribution in [3.63, 3.8) is 0 Å². The third-order valence-corrected chi connectivity index (χ3v) is 6.67. The first-order chi connectivity index (χ1) is 17.1. The number of phenols is 2. The van der Waals surface area contributed by atoms with Gasteiger partial charge in [-0.25, -0.2) is 4.79 Å². The molecule has 0 fully saturated rings. The van der Waals surface area contributed by atoms with Crippen LogP contribution in [0.5, 0.6) is 23.0 Å². The minimum atomic E-state index is -1.20. The van der Waals surface area contributed by atoms with Crippen molar-refractivity contribution < 1.29 is 34.4 Å². The average Bonchev–Trinajstić information content (AvgIpc) is 2.82. The monoisotopic (exact) mass is 509 g/mol. The van der Waals surface area contributed by atoms with Crippen molar-refractivity contribution in [3.05, 3.63) is 76.9 Å². The molecule has 0 saturated carbocycles. The van der Waals surface area contributed by atoms with E-state index in [1.807, 2.05) is 0 Å². The zero-order valence-electron chi connectivity index (χ0n) is 18.8. The van der Waals surface area contributed by atoms with Crippen LogP contribution in [0.3, 0.4) is 0 Å². The highest BCUT2D eigenvalue weighted by atomic mass is 32.2. The number of nitrogens with one attached hydrogen (secondary N) is 1. The quantitative estimate of drug-likeness (QED) is 0.208.